The second-order valence-electron chi connectivity index (χ2n) is 4.09. The third-order valence-electron chi connectivity index (χ3n) is 3.00. The molecular weight excluding hydrogens is 231 g/mol. The quantitative estimate of drug-likeness (QED) is 0.684. The van der Waals surface area contributed by atoms with Crippen molar-refractivity contribution < 1.29 is 4.39 Å². The second-order valence-corrected chi connectivity index (χ2v) is 4.97. The van der Waals surface area contributed by atoms with E-state index < -0.39 is 0 Å². The summed E-state index contributed by atoms with van der Waals surface area (Å²) in [6.07, 6.45) is 2.05. The fourth-order valence-corrected chi connectivity index (χ4v) is 2.36. The molecule has 2 aromatic carbocycles. The summed E-state index contributed by atoms with van der Waals surface area (Å²) in [6, 6.07) is 11.6. The zero-order valence-electron chi connectivity index (χ0n) is 10.3. The van der Waals surface area contributed by atoms with E-state index in [-0.39, 0.29) is 5.82 Å². The van der Waals surface area contributed by atoms with Gasteiger partial charge in [-0.05, 0) is 60.6 Å². The van der Waals surface area contributed by atoms with Gasteiger partial charge in [-0.25, -0.2) is 4.39 Å². The lowest BCUT2D eigenvalue weighted by Crippen LogP contribution is -1.90. The highest BCUT2D eigenvalue weighted by Gasteiger charge is 2.08. The van der Waals surface area contributed by atoms with Crippen molar-refractivity contribution in [3.05, 3.63) is 53.3 Å². The van der Waals surface area contributed by atoms with Crippen molar-refractivity contribution in [2.45, 2.75) is 18.7 Å². The average Bonchev–Trinajstić information content (AvgIpc) is 2.34. The fraction of sp³-hybridized carbons (Fsp3) is 0.200. The molecule has 17 heavy (non-hydrogen) atoms. The lowest BCUT2D eigenvalue weighted by Gasteiger charge is -2.11. The summed E-state index contributed by atoms with van der Waals surface area (Å²) >= 11 is 1.70. The standard InChI is InChI=1S/C15H15FS/c1-10-7-8-12(17-3)9-14(10)13-5-4-6-15(16)11(13)2/h4-9H,1-3H3. The maximum atomic E-state index is 13.6. The van der Waals surface area contributed by atoms with Gasteiger partial charge in [-0.1, -0.05) is 18.2 Å². The Kier molecular flexibility index (Phi) is 3.53. The van der Waals surface area contributed by atoms with Gasteiger partial charge >= 0.3 is 0 Å². The van der Waals surface area contributed by atoms with Crippen molar-refractivity contribution in [1.82, 2.24) is 0 Å². The largest absolute Gasteiger partial charge is 0.207 e. The molecule has 0 radical (unpaired) electrons. The normalized spacial score (nSPS) is 10.6. The predicted octanol–water partition coefficient (Wildman–Crippen LogP) is 4.83. The summed E-state index contributed by atoms with van der Waals surface area (Å²) in [5.74, 6) is -0.142. The van der Waals surface area contributed by atoms with Crippen molar-refractivity contribution in [2.24, 2.45) is 0 Å². The van der Waals surface area contributed by atoms with Gasteiger partial charge in [0.1, 0.15) is 5.82 Å². The van der Waals surface area contributed by atoms with Gasteiger partial charge in [-0.3, -0.25) is 0 Å². The molecule has 0 bridgehead atoms. The summed E-state index contributed by atoms with van der Waals surface area (Å²) in [6.45, 7) is 3.89. The first-order chi connectivity index (χ1) is 8.13. The molecule has 0 aliphatic rings. The molecule has 0 saturated heterocycles. The average molecular weight is 246 g/mol. The van der Waals surface area contributed by atoms with E-state index in [9.17, 15) is 4.39 Å². The molecule has 0 saturated carbocycles. The SMILES string of the molecule is CSc1ccc(C)c(-c2cccc(F)c2C)c1. The number of thioether (sulfide) groups is 1. The first-order valence-electron chi connectivity index (χ1n) is 5.53. The van der Waals surface area contributed by atoms with Gasteiger partial charge in [0.25, 0.3) is 0 Å². The summed E-state index contributed by atoms with van der Waals surface area (Å²) in [7, 11) is 0. The highest BCUT2D eigenvalue weighted by molar-refractivity contribution is 7.98. The molecule has 88 valence electrons. The topological polar surface area (TPSA) is 0 Å². The van der Waals surface area contributed by atoms with E-state index in [0.717, 1.165) is 11.1 Å². The molecule has 0 heterocycles. The van der Waals surface area contributed by atoms with Gasteiger partial charge in [0.15, 0.2) is 0 Å². The van der Waals surface area contributed by atoms with E-state index in [1.54, 1.807) is 17.8 Å². The lowest BCUT2D eigenvalue weighted by molar-refractivity contribution is 0.619. The van der Waals surface area contributed by atoms with Crippen molar-refractivity contribution in [3.8, 4) is 11.1 Å². The lowest BCUT2D eigenvalue weighted by atomic mass is 9.96. The van der Waals surface area contributed by atoms with Gasteiger partial charge in [0, 0.05) is 4.90 Å². The number of benzene rings is 2. The van der Waals surface area contributed by atoms with Crippen LogP contribution in [0.5, 0.6) is 0 Å². The van der Waals surface area contributed by atoms with Gasteiger partial charge in [0.05, 0.1) is 0 Å². The van der Waals surface area contributed by atoms with E-state index in [1.165, 1.54) is 16.5 Å². The van der Waals surface area contributed by atoms with Crippen LogP contribution in [0, 0.1) is 19.7 Å². The van der Waals surface area contributed by atoms with Gasteiger partial charge in [-0.15, -0.1) is 11.8 Å². The molecule has 0 aromatic heterocycles. The smallest absolute Gasteiger partial charge is 0.126 e. The van der Waals surface area contributed by atoms with Crippen LogP contribution in [-0.4, -0.2) is 6.26 Å². The molecule has 0 atom stereocenters. The Labute approximate surface area is 106 Å². The van der Waals surface area contributed by atoms with Gasteiger partial charge in [0.2, 0.25) is 0 Å². The number of halogens is 1. The Balaban J connectivity index is 2.63. The minimum absolute atomic E-state index is 0.142. The molecule has 2 heteroatoms. The van der Waals surface area contributed by atoms with E-state index >= 15 is 0 Å². The van der Waals surface area contributed by atoms with E-state index in [0.29, 0.717) is 5.56 Å². The molecular formula is C15H15FS. The van der Waals surface area contributed by atoms with Gasteiger partial charge < -0.3 is 0 Å². The Morgan fingerprint density at radius 1 is 1.00 bits per heavy atom. The predicted molar refractivity (Wildman–Crippen MR) is 73.1 cm³/mol. The minimum atomic E-state index is -0.142. The first kappa shape index (κ1) is 12.2. The van der Waals surface area contributed by atoms with Crippen molar-refractivity contribution in [3.63, 3.8) is 0 Å². The Hall–Kier alpha value is -1.28. The molecule has 0 fully saturated rings. The summed E-state index contributed by atoms with van der Waals surface area (Å²) in [4.78, 5) is 1.20. The summed E-state index contributed by atoms with van der Waals surface area (Å²) in [5.41, 5.74) is 4.00. The summed E-state index contributed by atoms with van der Waals surface area (Å²) in [5, 5.41) is 0. The van der Waals surface area contributed by atoms with E-state index in [1.807, 2.05) is 19.2 Å². The first-order valence-corrected chi connectivity index (χ1v) is 6.76. The number of hydrogen-bond donors (Lipinski definition) is 0. The van der Waals surface area contributed by atoms with Crippen LogP contribution in [0.4, 0.5) is 4.39 Å². The minimum Gasteiger partial charge on any atom is -0.207 e. The molecule has 0 aliphatic heterocycles. The van der Waals surface area contributed by atoms with Crippen molar-refractivity contribution in [1.29, 1.82) is 0 Å². The Morgan fingerprint density at radius 2 is 1.76 bits per heavy atom. The van der Waals surface area contributed by atoms with Crippen molar-refractivity contribution in [2.75, 3.05) is 6.26 Å². The van der Waals surface area contributed by atoms with Gasteiger partial charge in [-0.2, -0.15) is 0 Å². The third-order valence-corrected chi connectivity index (χ3v) is 3.73. The number of aryl methyl sites for hydroxylation is 1. The van der Waals surface area contributed by atoms with E-state index in [4.69, 9.17) is 0 Å². The van der Waals surface area contributed by atoms with Crippen LogP contribution in [0.3, 0.4) is 0 Å². The van der Waals surface area contributed by atoms with Crippen LogP contribution >= 0.6 is 11.8 Å². The number of rotatable bonds is 2. The Morgan fingerprint density at radius 3 is 2.47 bits per heavy atom. The number of hydrogen-bond acceptors (Lipinski definition) is 1. The second kappa shape index (κ2) is 4.92. The molecule has 0 nitrogen and oxygen atoms in total. The van der Waals surface area contributed by atoms with Crippen LogP contribution in [0.15, 0.2) is 41.3 Å². The maximum Gasteiger partial charge on any atom is 0.126 e. The third kappa shape index (κ3) is 2.37. The molecule has 0 aliphatic carbocycles. The molecule has 0 N–H and O–H groups in total. The highest BCUT2D eigenvalue weighted by Crippen LogP contribution is 2.30. The van der Waals surface area contributed by atoms with Crippen LogP contribution < -0.4 is 0 Å². The molecule has 2 aromatic rings. The maximum absolute atomic E-state index is 13.6. The zero-order valence-corrected chi connectivity index (χ0v) is 11.1. The molecule has 0 amide bonds. The fourth-order valence-electron chi connectivity index (χ4n) is 1.92. The Bertz CT molecular complexity index is 547. The highest BCUT2D eigenvalue weighted by atomic mass is 32.2. The van der Waals surface area contributed by atoms with Crippen LogP contribution in [0.25, 0.3) is 11.1 Å². The van der Waals surface area contributed by atoms with Crippen molar-refractivity contribution >= 4 is 11.8 Å². The summed E-state index contributed by atoms with van der Waals surface area (Å²) < 4.78 is 13.6. The van der Waals surface area contributed by atoms with Crippen LogP contribution in [0.1, 0.15) is 11.1 Å². The molecule has 0 spiro atoms. The van der Waals surface area contributed by atoms with Crippen LogP contribution in [-0.2, 0) is 0 Å². The monoisotopic (exact) mass is 246 g/mol. The molecule has 0 unspecified atom stereocenters. The zero-order chi connectivity index (χ0) is 12.4. The van der Waals surface area contributed by atoms with Crippen LogP contribution in [0.2, 0.25) is 0 Å². The van der Waals surface area contributed by atoms with E-state index in [2.05, 4.69) is 25.1 Å². The molecule has 2 rings (SSSR count).